The van der Waals surface area contributed by atoms with E-state index in [-0.39, 0.29) is 17.3 Å². The van der Waals surface area contributed by atoms with Gasteiger partial charge in [-0.25, -0.2) is 4.39 Å². The quantitative estimate of drug-likeness (QED) is 0.560. The van der Waals surface area contributed by atoms with Crippen LogP contribution in [-0.4, -0.2) is 42.9 Å². The Labute approximate surface area is 189 Å². The highest BCUT2D eigenvalue weighted by atomic mass is 19.1. The summed E-state index contributed by atoms with van der Waals surface area (Å²) < 4.78 is 19.4. The second-order valence-electron chi connectivity index (χ2n) is 9.36. The summed E-state index contributed by atoms with van der Waals surface area (Å²) in [4.78, 5) is 11.8. The van der Waals surface area contributed by atoms with Crippen molar-refractivity contribution in [3.05, 3.63) is 70.5 Å². The third kappa shape index (κ3) is 5.55. The number of hydrogen-bond acceptors (Lipinski definition) is 4. The van der Waals surface area contributed by atoms with E-state index in [9.17, 15) is 14.3 Å². The maximum absolute atomic E-state index is 13.8. The van der Waals surface area contributed by atoms with E-state index >= 15 is 0 Å². The molecule has 32 heavy (non-hydrogen) atoms. The Bertz CT molecular complexity index is 934. The van der Waals surface area contributed by atoms with Gasteiger partial charge in [-0.1, -0.05) is 30.3 Å². The number of benzene rings is 2. The van der Waals surface area contributed by atoms with Gasteiger partial charge in [0.15, 0.2) is 0 Å². The summed E-state index contributed by atoms with van der Waals surface area (Å²) in [5, 5.41) is 17.3. The maximum atomic E-state index is 13.8. The molecular formula is C26H33FN2O3. The standard InChI is InChI=1S/C26H33FN2O3/c1-17-10-19(12-23(27)11-17)13-24(29-18(2)30)25(31)15-28-26(7-8-26)22-5-3-4-20(14-22)21-6-9-32-16-21/h3-5,10-12,14,21,24-25,28,31H,6-9,13,15-16H2,1-2H3,(H,29,30). The van der Waals surface area contributed by atoms with E-state index in [1.54, 1.807) is 0 Å². The van der Waals surface area contributed by atoms with Crippen molar-refractivity contribution in [2.24, 2.45) is 0 Å². The average molecular weight is 441 g/mol. The molecule has 3 atom stereocenters. The molecule has 3 N–H and O–H groups in total. The molecule has 4 rings (SSSR count). The summed E-state index contributed by atoms with van der Waals surface area (Å²) in [5.74, 6) is -0.0660. The minimum absolute atomic E-state index is 0.132. The van der Waals surface area contributed by atoms with E-state index in [0.717, 1.165) is 43.6 Å². The van der Waals surface area contributed by atoms with Crippen LogP contribution >= 0.6 is 0 Å². The molecule has 5 nitrogen and oxygen atoms in total. The first kappa shape index (κ1) is 22.9. The van der Waals surface area contributed by atoms with Crippen LogP contribution in [0.3, 0.4) is 0 Å². The Morgan fingerprint density at radius 2 is 2.09 bits per heavy atom. The molecule has 0 spiro atoms. The third-order valence-corrected chi connectivity index (χ3v) is 6.65. The van der Waals surface area contributed by atoms with Crippen molar-refractivity contribution in [1.29, 1.82) is 0 Å². The van der Waals surface area contributed by atoms with E-state index in [1.807, 2.05) is 13.0 Å². The normalized spacial score (nSPS) is 21.2. The molecule has 2 aromatic rings. The minimum Gasteiger partial charge on any atom is -0.390 e. The van der Waals surface area contributed by atoms with E-state index in [1.165, 1.54) is 30.2 Å². The highest BCUT2D eigenvalue weighted by Gasteiger charge is 2.44. The van der Waals surface area contributed by atoms with Gasteiger partial charge in [0.05, 0.1) is 18.8 Å². The van der Waals surface area contributed by atoms with E-state index in [0.29, 0.717) is 18.9 Å². The van der Waals surface area contributed by atoms with E-state index in [2.05, 4.69) is 34.9 Å². The lowest BCUT2D eigenvalue weighted by molar-refractivity contribution is -0.120. The lowest BCUT2D eigenvalue weighted by atomic mass is 9.93. The monoisotopic (exact) mass is 440 g/mol. The number of rotatable bonds is 9. The van der Waals surface area contributed by atoms with Gasteiger partial charge in [0.2, 0.25) is 5.91 Å². The van der Waals surface area contributed by atoms with Crippen LogP contribution < -0.4 is 10.6 Å². The van der Waals surface area contributed by atoms with Gasteiger partial charge in [0.25, 0.3) is 0 Å². The molecule has 1 heterocycles. The highest BCUT2D eigenvalue weighted by Crippen LogP contribution is 2.46. The smallest absolute Gasteiger partial charge is 0.217 e. The molecule has 0 aromatic heterocycles. The number of halogens is 1. The lowest BCUT2D eigenvalue weighted by Gasteiger charge is -2.27. The first-order valence-electron chi connectivity index (χ1n) is 11.5. The van der Waals surface area contributed by atoms with Crippen molar-refractivity contribution in [2.45, 2.75) is 63.1 Å². The molecule has 1 saturated carbocycles. The van der Waals surface area contributed by atoms with Gasteiger partial charge in [-0.05, 0) is 67.0 Å². The maximum Gasteiger partial charge on any atom is 0.217 e. The van der Waals surface area contributed by atoms with Gasteiger partial charge in [-0.3, -0.25) is 4.79 Å². The van der Waals surface area contributed by atoms with Crippen LogP contribution in [0.5, 0.6) is 0 Å². The van der Waals surface area contributed by atoms with Gasteiger partial charge in [-0.15, -0.1) is 0 Å². The van der Waals surface area contributed by atoms with Gasteiger partial charge in [0.1, 0.15) is 5.82 Å². The molecule has 2 aliphatic rings. The number of hydrogen-bond donors (Lipinski definition) is 3. The zero-order valence-electron chi connectivity index (χ0n) is 18.9. The summed E-state index contributed by atoms with van der Waals surface area (Å²) in [5.41, 5.74) is 4.00. The zero-order valence-corrected chi connectivity index (χ0v) is 18.9. The first-order valence-corrected chi connectivity index (χ1v) is 11.5. The minimum atomic E-state index is -0.800. The van der Waals surface area contributed by atoms with Crippen LogP contribution in [0.1, 0.15) is 54.4 Å². The molecule has 0 radical (unpaired) electrons. The predicted molar refractivity (Wildman–Crippen MR) is 122 cm³/mol. The molecule has 6 heteroatoms. The van der Waals surface area contributed by atoms with Crippen molar-refractivity contribution >= 4 is 5.91 Å². The predicted octanol–water partition coefficient (Wildman–Crippen LogP) is 3.33. The molecule has 1 aliphatic carbocycles. The summed E-state index contributed by atoms with van der Waals surface area (Å²) in [6.07, 6.45) is 2.65. The number of aliphatic hydroxyl groups is 1. The van der Waals surface area contributed by atoms with Gasteiger partial charge in [0, 0.05) is 31.5 Å². The van der Waals surface area contributed by atoms with Crippen molar-refractivity contribution in [1.82, 2.24) is 10.6 Å². The number of nitrogens with one attached hydrogen (secondary N) is 2. The molecule has 1 aliphatic heterocycles. The van der Waals surface area contributed by atoms with Crippen molar-refractivity contribution < 1.29 is 19.0 Å². The van der Waals surface area contributed by atoms with Gasteiger partial charge >= 0.3 is 0 Å². The van der Waals surface area contributed by atoms with Crippen LogP contribution in [-0.2, 0) is 21.5 Å². The summed E-state index contributed by atoms with van der Waals surface area (Å²) in [6.45, 7) is 5.21. The average Bonchev–Trinajstić information content (AvgIpc) is 3.33. The number of aliphatic hydroxyl groups excluding tert-OH is 1. The molecule has 1 saturated heterocycles. The van der Waals surface area contributed by atoms with Gasteiger partial charge < -0.3 is 20.5 Å². The largest absolute Gasteiger partial charge is 0.390 e. The van der Waals surface area contributed by atoms with Gasteiger partial charge in [-0.2, -0.15) is 0 Å². The van der Waals surface area contributed by atoms with Crippen molar-refractivity contribution in [3.8, 4) is 0 Å². The van der Waals surface area contributed by atoms with Crippen molar-refractivity contribution in [2.75, 3.05) is 19.8 Å². The number of carbonyl (C=O) groups excluding carboxylic acids is 1. The lowest BCUT2D eigenvalue weighted by Crippen LogP contribution is -2.49. The number of carbonyl (C=O) groups is 1. The first-order chi connectivity index (χ1) is 15.3. The Morgan fingerprint density at radius 1 is 1.28 bits per heavy atom. The molecule has 1 amide bonds. The van der Waals surface area contributed by atoms with Crippen LogP contribution in [0.2, 0.25) is 0 Å². The Balaban J connectivity index is 1.42. The topological polar surface area (TPSA) is 70.6 Å². The SMILES string of the molecule is CC(=O)NC(Cc1cc(C)cc(F)c1)C(O)CNC1(c2cccc(C3CCOC3)c2)CC1. The second kappa shape index (κ2) is 9.69. The van der Waals surface area contributed by atoms with Crippen LogP contribution in [0, 0.1) is 12.7 Å². The summed E-state index contributed by atoms with van der Waals surface area (Å²) in [6, 6.07) is 13.0. The number of ether oxygens (including phenoxy) is 1. The molecular weight excluding hydrogens is 407 g/mol. The van der Waals surface area contributed by atoms with Crippen LogP contribution in [0.4, 0.5) is 4.39 Å². The Morgan fingerprint density at radius 3 is 2.75 bits per heavy atom. The number of aryl methyl sites for hydroxylation is 1. The highest BCUT2D eigenvalue weighted by molar-refractivity contribution is 5.73. The zero-order chi connectivity index (χ0) is 22.7. The van der Waals surface area contributed by atoms with Crippen LogP contribution in [0.25, 0.3) is 0 Å². The molecule has 2 aromatic carbocycles. The third-order valence-electron chi connectivity index (χ3n) is 6.65. The second-order valence-corrected chi connectivity index (χ2v) is 9.36. The van der Waals surface area contributed by atoms with Crippen LogP contribution in [0.15, 0.2) is 42.5 Å². The molecule has 172 valence electrons. The Hall–Kier alpha value is -2.28. The van der Waals surface area contributed by atoms with E-state index in [4.69, 9.17) is 4.74 Å². The fourth-order valence-corrected chi connectivity index (χ4v) is 4.75. The Kier molecular flexibility index (Phi) is 6.93. The van der Waals surface area contributed by atoms with Crippen molar-refractivity contribution in [3.63, 3.8) is 0 Å². The molecule has 0 bridgehead atoms. The molecule has 3 unspecified atom stereocenters. The fourth-order valence-electron chi connectivity index (χ4n) is 4.75. The molecule has 2 fully saturated rings. The number of amides is 1. The van der Waals surface area contributed by atoms with E-state index < -0.39 is 12.1 Å². The summed E-state index contributed by atoms with van der Waals surface area (Å²) >= 11 is 0. The summed E-state index contributed by atoms with van der Waals surface area (Å²) in [7, 11) is 0. The fraction of sp³-hybridized carbons (Fsp3) is 0.500.